The fraction of sp³-hybridized carbons (Fsp3) is 0.250. The van der Waals surface area contributed by atoms with Gasteiger partial charge in [0, 0.05) is 22.1 Å². The SMILES string of the molecule is Cc1ccc(S(=O)(=O)C(=CC(=O)C(C)(C)C)c2ccc(Cl)cc2Cl)cc1. The van der Waals surface area contributed by atoms with Gasteiger partial charge in [-0.1, -0.05) is 67.7 Å². The Bertz CT molecular complexity index is 967. The van der Waals surface area contributed by atoms with Crippen LogP contribution in [0.5, 0.6) is 0 Å². The van der Waals surface area contributed by atoms with Crippen LogP contribution in [0, 0.1) is 12.3 Å². The third kappa shape index (κ3) is 4.56. The van der Waals surface area contributed by atoms with Crippen LogP contribution in [0.1, 0.15) is 31.9 Å². The number of carbonyl (C=O) groups excluding carboxylic acids is 1. The molecule has 0 aromatic heterocycles. The van der Waals surface area contributed by atoms with Gasteiger partial charge in [-0.15, -0.1) is 0 Å². The first kappa shape index (κ1) is 20.7. The Morgan fingerprint density at radius 1 is 1.00 bits per heavy atom. The Hall–Kier alpha value is -1.62. The molecule has 3 nitrogen and oxygen atoms in total. The molecule has 0 unspecified atom stereocenters. The van der Waals surface area contributed by atoms with Crippen molar-refractivity contribution < 1.29 is 13.2 Å². The second-order valence-electron chi connectivity index (χ2n) is 7.06. The molecule has 0 N–H and O–H groups in total. The summed E-state index contributed by atoms with van der Waals surface area (Å²) in [6.07, 6.45) is 1.16. The average molecular weight is 411 g/mol. The van der Waals surface area contributed by atoms with Gasteiger partial charge in [-0.2, -0.15) is 0 Å². The molecular formula is C20H20Cl2O3S. The van der Waals surface area contributed by atoms with Crippen molar-refractivity contribution in [3.05, 3.63) is 69.7 Å². The number of rotatable bonds is 4. The molecule has 0 saturated carbocycles. The maximum Gasteiger partial charge on any atom is 0.207 e. The molecule has 2 aromatic carbocycles. The number of hydrogen-bond donors (Lipinski definition) is 0. The smallest absolute Gasteiger partial charge is 0.207 e. The zero-order valence-corrected chi connectivity index (χ0v) is 17.3. The second kappa shape index (κ2) is 7.55. The maximum absolute atomic E-state index is 13.2. The van der Waals surface area contributed by atoms with Crippen LogP contribution in [-0.2, 0) is 14.6 Å². The molecule has 26 heavy (non-hydrogen) atoms. The Morgan fingerprint density at radius 3 is 2.08 bits per heavy atom. The van der Waals surface area contributed by atoms with E-state index in [1.807, 2.05) is 6.92 Å². The first-order valence-electron chi connectivity index (χ1n) is 7.96. The lowest BCUT2D eigenvalue weighted by molar-refractivity contribution is -0.121. The van der Waals surface area contributed by atoms with E-state index in [9.17, 15) is 13.2 Å². The largest absolute Gasteiger partial charge is 0.294 e. The minimum atomic E-state index is -3.95. The summed E-state index contributed by atoms with van der Waals surface area (Å²) in [7, 11) is -3.95. The van der Waals surface area contributed by atoms with Crippen molar-refractivity contribution in [2.45, 2.75) is 32.6 Å². The number of benzene rings is 2. The molecular weight excluding hydrogens is 391 g/mol. The third-order valence-electron chi connectivity index (χ3n) is 3.82. The lowest BCUT2D eigenvalue weighted by atomic mass is 9.90. The first-order chi connectivity index (χ1) is 11.9. The number of sulfone groups is 1. The fourth-order valence-electron chi connectivity index (χ4n) is 2.17. The Kier molecular flexibility index (Phi) is 6.01. The molecule has 2 rings (SSSR count). The summed E-state index contributed by atoms with van der Waals surface area (Å²) in [4.78, 5) is 12.5. The Balaban J connectivity index is 2.73. The maximum atomic E-state index is 13.2. The number of carbonyl (C=O) groups is 1. The summed E-state index contributed by atoms with van der Waals surface area (Å²) in [6, 6.07) is 11.0. The molecule has 0 fully saturated rings. The molecule has 0 saturated heterocycles. The van der Waals surface area contributed by atoms with E-state index in [2.05, 4.69) is 0 Å². The van der Waals surface area contributed by atoms with E-state index in [0.29, 0.717) is 5.02 Å². The van der Waals surface area contributed by atoms with Gasteiger partial charge in [0.2, 0.25) is 9.84 Å². The summed E-state index contributed by atoms with van der Waals surface area (Å²) in [5.74, 6) is -0.311. The number of ketones is 1. The van der Waals surface area contributed by atoms with Gasteiger partial charge in [-0.25, -0.2) is 8.42 Å². The molecule has 138 valence electrons. The van der Waals surface area contributed by atoms with Crippen LogP contribution in [0.15, 0.2) is 53.4 Å². The van der Waals surface area contributed by atoms with Crippen molar-refractivity contribution in [3.8, 4) is 0 Å². The van der Waals surface area contributed by atoms with Gasteiger partial charge >= 0.3 is 0 Å². The summed E-state index contributed by atoms with van der Waals surface area (Å²) in [5.41, 5.74) is 0.450. The third-order valence-corrected chi connectivity index (χ3v) is 6.18. The molecule has 0 heterocycles. The van der Waals surface area contributed by atoms with Gasteiger partial charge in [0.1, 0.15) is 0 Å². The molecule has 0 spiro atoms. The van der Waals surface area contributed by atoms with E-state index in [4.69, 9.17) is 23.2 Å². The Labute approximate surface area is 164 Å². The van der Waals surface area contributed by atoms with Crippen molar-refractivity contribution in [1.82, 2.24) is 0 Å². The zero-order valence-electron chi connectivity index (χ0n) is 15.0. The predicted molar refractivity (Wildman–Crippen MR) is 107 cm³/mol. The Morgan fingerprint density at radius 2 is 1.58 bits per heavy atom. The van der Waals surface area contributed by atoms with Gasteiger partial charge in [0.25, 0.3) is 0 Å². The van der Waals surface area contributed by atoms with Crippen molar-refractivity contribution in [3.63, 3.8) is 0 Å². The van der Waals surface area contributed by atoms with Crippen molar-refractivity contribution in [2.24, 2.45) is 5.41 Å². The minimum absolute atomic E-state index is 0.0991. The molecule has 0 radical (unpaired) electrons. The standard InChI is InChI=1S/C20H20Cl2O3S/c1-13-5-8-15(9-6-13)26(24,25)18(12-19(23)20(2,3)4)16-10-7-14(21)11-17(16)22/h5-12H,1-4H3. The average Bonchev–Trinajstić information content (AvgIpc) is 2.52. The van der Waals surface area contributed by atoms with Crippen LogP contribution in [0.3, 0.4) is 0 Å². The van der Waals surface area contributed by atoms with E-state index in [1.54, 1.807) is 39.0 Å². The zero-order chi connectivity index (χ0) is 19.7. The van der Waals surface area contributed by atoms with Gasteiger partial charge in [-0.05, 0) is 31.2 Å². The molecule has 0 aliphatic carbocycles. The summed E-state index contributed by atoms with van der Waals surface area (Å²) in [5, 5.41) is 0.550. The summed E-state index contributed by atoms with van der Waals surface area (Å²) in [6.45, 7) is 7.05. The molecule has 0 aliphatic heterocycles. The molecule has 0 bridgehead atoms. The van der Waals surface area contributed by atoms with E-state index in [-0.39, 0.29) is 26.2 Å². The molecule has 0 atom stereocenters. The van der Waals surface area contributed by atoms with Crippen LogP contribution in [-0.4, -0.2) is 14.2 Å². The van der Waals surface area contributed by atoms with E-state index in [1.165, 1.54) is 24.3 Å². The van der Waals surface area contributed by atoms with E-state index >= 15 is 0 Å². The van der Waals surface area contributed by atoms with Crippen LogP contribution in [0.25, 0.3) is 4.91 Å². The molecule has 0 amide bonds. The summed E-state index contributed by atoms with van der Waals surface area (Å²) < 4.78 is 26.5. The topological polar surface area (TPSA) is 51.2 Å². The minimum Gasteiger partial charge on any atom is -0.294 e. The summed E-state index contributed by atoms with van der Waals surface area (Å²) >= 11 is 12.2. The van der Waals surface area contributed by atoms with Gasteiger partial charge in [-0.3, -0.25) is 4.79 Å². The molecule has 6 heteroatoms. The first-order valence-corrected chi connectivity index (χ1v) is 10.2. The van der Waals surface area contributed by atoms with Gasteiger partial charge < -0.3 is 0 Å². The van der Waals surface area contributed by atoms with Crippen LogP contribution < -0.4 is 0 Å². The lowest BCUT2D eigenvalue weighted by Gasteiger charge is -2.17. The monoisotopic (exact) mass is 410 g/mol. The fourth-order valence-corrected chi connectivity index (χ4v) is 4.21. The van der Waals surface area contributed by atoms with Crippen LogP contribution in [0.2, 0.25) is 10.0 Å². The quantitative estimate of drug-likeness (QED) is 0.604. The number of aryl methyl sites for hydroxylation is 1. The van der Waals surface area contributed by atoms with Gasteiger partial charge in [0.05, 0.1) is 14.8 Å². The predicted octanol–water partition coefficient (Wildman–Crippen LogP) is 5.73. The number of allylic oxidation sites excluding steroid dienone is 1. The van der Waals surface area contributed by atoms with Crippen molar-refractivity contribution in [2.75, 3.05) is 0 Å². The van der Waals surface area contributed by atoms with E-state index < -0.39 is 15.3 Å². The number of hydrogen-bond acceptors (Lipinski definition) is 3. The highest BCUT2D eigenvalue weighted by Crippen LogP contribution is 2.35. The molecule has 0 aliphatic rings. The lowest BCUT2D eigenvalue weighted by Crippen LogP contribution is -2.19. The van der Waals surface area contributed by atoms with Crippen molar-refractivity contribution in [1.29, 1.82) is 0 Å². The van der Waals surface area contributed by atoms with Crippen LogP contribution in [0.4, 0.5) is 0 Å². The highest BCUT2D eigenvalue weighted by atomic mass is 35.5. The van der Waals surface area contributed by atoms with E-state index in [0.717, 1.165) is 11.6 Å². The van der Waals surface area contributed by atoms with Crippen LogP contribution >= 0.6 is 23.2 Å². The molecule has 2 aromatic rings. The number of halogens is 2. The highest BCUT2D eigenvalue weighted by Gasteiger charge is 2.28. The van der Waals surface area contributed by atoms with Crippen molar-refractivity contribution >= 4 is 43.7 Å². The highest BCUT2D eigenvalue weighted by molar-refractivity contribution is 8.00. The van der Waals surface area contributed by atoms with Gasteiger partial charge in [0.15, 0.2) is 5.78 Å². The normalized spacial score (nSPS) is 12.9. The second-order valence-corrected chi connectivity index (χ2v) is 9.83.